The van der Waals surface area contributed by atoms with Crippen molar-refractivity contribution in [2.45, 2.75) is 19.4 Å². The highest BCUT2D eigenvalue weighted by Crippen LogP contribution is 2.33. The van der Waals surface area contributed by atoms with E-state index in [0.29, 0.717) is 6.04 Å². The Morgan fingerprint density at radius 3 is 2.69 bits per heavy atom. The predicted molar refractivity (Wildman–Crippen MR) is 59.4 cm³/mol. The predicted octanol–water partition coefficient (Wildman–Crippen LogP) is 3.28. The Morgan fingerprint density at radius 1 is 1.38 bits per heavy atom. The minimum atomic E-state index is 0.440. The first-order valence-corrected chi connectivity index (χ1v) is 5.63. The van der Waals surface area contributed by atoms with E-state index in [1.54, 1.807) is 0 Å². The molecule has 0 aliphatic carbocycles. The fourth-order valence-corrected chi connectivity index (χ4v) is 2.27. The maximum Gasteiger partial charge on any atom is 0.0818 e. The maximum atomic E-state index is 4.56. The smallest absolute Gasteiger partial charge is 0.0818 e. The summed E-state index contributed by atoms with van der Waals surface area (Å²) in [5.41, 5.74) is 1.35. The van der Waals surface area contributed by atoms with Gasteiger partial charge in [0, 0.05) is 6.42 Å². The van der Waals surface area contributed by atoms with Gasteiger partial charge in [-0.3, -0.25) is 4.99 Å². The summed E-state index contributed by atoms with van der Waals surface area (Å²) < 4.78 is 0. The molecule has 13 heavy (non-hydrogen) atoms. The van der Waals surface area contributed by atoms with E-state index in [2.05, 4.69) is 36.2 Å². The van der Waals surface area contributed by atoms with Gasteiger partial charge >= 0.3 is 0 Å². The third kappa shape index (κ3) is 1.94. The molecule has 0 fully saturated rings. The first-order valence-electron chi connectivity index (χ1n) is 4.64. The van der Waals surface area contributed by atoms with Crippen LogP contribution in [-0.4, -0.2) is 10.8 Å². The Hall–Kier alpha value is -0.760. The number of aliphatic imine (C=N–C) groups is 1. The second-order valence-electron chi connectivity index (χ2n) is 3.09. The van der Waals surface area contributed by atoms with Crippen LogP contribution in [0, 0.1) is 0 Å². The summed E-state index contributed by atoms with van der Waals surface area (Å²) in [6.45, 7) is 2.17. The SMILES string of the molecule is CCSC1=NC(c2ccccc2)C1. The third-order valence-corrected chi connectivity index (χ3v) is 3.06. The normalized spacial score (nSPS) is 20.7. The summed E-state index contributed by atoms with van der Waals surface area (Å²) >= 11 is 1.87. The van der Waals surface area contributed by atoms with Gasteiger partial charge in [-0.05, 0) is 11.3 Å². The molecule has 1 atom stereocenters. The molecule has 0 radical (unpaired) electrons. The highest BCUT2D eigenvalue weighted by Gasteiger charge is 2.21. The van der Waals surface area contributed by atoms with E-state index in [0.717, 1.165) is 12.2 Å². The van der Waals surface area contributed by atoms with E-state index in [9.17, 15) is 0 Å². The first kappa shape index (κ1) is 8.82. The van der Waals surface area contributed by atoms with Crippen molar-refractivity contribution in [3.8, 4) is 0 Å². The number of rotatable bonds is 2. The Kier molecular flexibility index (Phi) is 2.69. The van der Waals surface area contributed by atoms with Crippen molar-refractivity contribution in [1.29, 1.82) is 0 Å². The highest BCUT2D eigenvalue weighted by molar-refractivity contribution is 8.14. The van der Waals surface area contributed by atoms with Crippen LogP contribution in [0.15, 0.2) is 35.3 Å². The van der Waals surface area contributed by atoms with E-state index >= 15 is 0 Å². The zero-order chi connectivity index (χ0) is 9.10. The van der Waals surface area contributed by atoms with Crippen LogP contribution in [0.4, 0.5) is 0 Å². The van der Waals surface area contributed by atoms with Crippen LogP contribution in [0.3, 0.4) is 0 Å². The summed E-state index contributed by atoms with van der Waals surface area (Å²) in [6, 6.07) is 11.0. The molecule has 0 aromatic heterocycles. The molecule has 0 saturated heterocycles. The van der Waals surface area contributed by atoms with Gasteiger partial charge < -0.3 is 0 Å². The van der Waals surface area contributed by atoms with E-state index < -0.39 is 0 Å². The van der Waals surface area contributed by atoms with Crippen LogP contribution >= 0.6 is 11.8 Å². The molecule has 1 aliphatic rings. The standard InChI is InChI=1S/C11H13NS/c1-2-13-11-8-10(12-11)9-6-4-3-5-7-9/h3-7,10H,2,8H2,1H3. The summed E-state index contributed by atoms with van der Waals surface area (Å²) in [5.74, 6) is 1.14. The molecule has 0 bridgehead atoms. The van der Waals surface area contributed by atoms with Gasteiger partial charge in [-0.1, -0.05) is 37.3 Å². The quantitative estimate of drug-likeness (QED) is 0.698. The van der Waals surface area contributed by atoms with Crippen LogP contribution in [0.25, 0.3) is 0 Å². The van der Waals surface area contributed by atoms with Crippen molar-refractivity contribution in [2.24, 2.45) is 4.99 Å². The molecule has 0 spiro atoms. The average Bonchev–Trinajstić information content (AvgIpc) is 2.12. The monoisotopic (exact) mass is 191 g/mol. The fraction of sp³-hybridized carbons (Fsp3) is 0.364. The Labute approximate surface area is 83.3 Å². The number of hydrogen-bond acceptors (Lipinski definition) is 2. The minimum absolute atomic E-state index is 0.440. The van der Waals surface area contributed by atoms with Crippen molar-refractivity contribution in [1.82, 2.24) is 0 Å². The van der Waals surface area contributed by atoms with E-state index in [1.807, 2.05) is 17.8 Å². The fourth-order valence-electron chi connectivity index (χ4n) is 1.46. The topological polar surface area (TPSA) is 12.4 Å². The zero-order valence-electron chi connectivity index (χ0n) is 7.73. The third-order valence-electron chi connectivity index (χ3n) is 2.16. The van der Waals surface area contributed by atoms with Gasteiger partial charge in [-0.2, -0.15) is 0 Å². The molecule has 1 aliphatic heterocycles. The maximum absolute atomic E-state index is 4.56. The number of thioether (sulfide) groups is 1. The van der Waals surface area contributed by atoms with Crippen molar-refractivity contribution >= 4 is 16.8 Å². The molecule has 1 aromatic carbocycles. The molecular formula is C11H13NS. The second-order valence-corrected chi connectivity index (χ2v) is 4.42. The lowest BCUT2D eigenvalue weighted by Gasteiger charge is -2.23. The van der Waals surface area contributed by atoms with E-state index in [1.165, 1.54) is 10.6 Å². The molecular weight excluding hydrogens is 178 g/mol. The van der Waals surface area contributed by atoms with Gasteiger partial charge in [0.1, 0.15) is 0 Å². The lowest BCUT2D eigenvalue weighted by Crippen LogP contribution is -2.14. The molecule has 68 valence electrons. The van der Waals surface area contributed by atoms with Gasteiger partial charge in [0.15, 0.2) is 0 Å². The summed E-state index contributed by atoms with van der Waals surface area (Å²) in [5, 5.41) is 1.32. The molecule has 1 unspecified atom stereocenters. The molecule has 0 amide bonds. The zero-order valence-corrected chi connectivity index (χ0v) is 8.55. The number of benzene rings is 1. The van der Waals surface area contributed by atoms with Crippen molar-refractivity contribution in [3.63, 3.8) is 0 Å². The van der Waals surface area contributed by atoms with E-state index in [-0.39, 0.29) is 0 Å². The lowest BCUT2D eigenvalue weighted by molar-refractivity contribution is 0.710. The van der Waals surface area contributed by atoms with Crippen molar-refractivity contribution < 1.29 is 0 Å². The summed E-state index contributed by atoms with van der Waals surface area (Å²) in [6.07, 6.45) is 1.14. The molecule has 1 nitrogen and oxygen atoms in total. The van der Waals surface area contributed by atoms with Crippen LogP contribution in [0.2, 0.25) is 0 Å². The lowest BCUT2D eigenvalue weighted by atomic mass is 10.0. The number of hydrogen-bond donors (Lipinski definition) is 0. The van der Waals surface area contributed by atoms with E-state index in [4.69, 9.17) is 0 Å². The molecule has 2 heteroatoms. The van der Waals surface area contributed by atoms with Crippen molar-refractivity contribution in [2.75, 3.05) is 5.75 Å². The number of nitrogens with zero attached hydrogens (tertiary/aromatic N) is 1. The first-order chi connectivity index (χ1) is 6.40. The minimum Gasteiger partial charge on any atom is -0.274 e. The largest absolute Gasteiger partial charge is 0.274 e. The average molecular weight is 191 g/mol. The highest BCUT2D eigenvalue weighted by atomic mass is 32.2. The molecule has 0 N–H and O–H groups in total. The van der Waals surface area contributed by atoms with Gasteiger partial charge in [-0.15, -0.1) is 11.8 Å². The van der Waals surface area contributed by atoms with Crippen molar-refractivity contribution in [3.05, 3.63) is 35.9 Å². The van der Waals surface area contributed by atoms with Gasteiger partial charge in [-0.25, -0.2) is 0 Å². The van der Waals surface area contributed by atoms with Crippen LogP contribution < -0.4 is 0 Å². The Morgan fingerprint density at radius 2 is 2.08 bits per heavy atom. The van der Waals surface area contributed by atoms with Gasteiger partial charge in [0.05, 0.1) is 11.1 Å². The summed E-state index contributed by atoms with van der Waals surface area (Å²) in [4.78, 5) is 4.56. The molecule has 0 saturated carbocycles. The van der Waals surface area contributed by atoms with Crippen LogP contribution in [0.1, 0.15) is 24.9 Å². The Bertz CT molecular complexity index is 305. The molecule has 1 aromatic rings. The van der Waals surface area contributed by atoms with Crippen LogP contribution in [0.5, 0.6) is 0 Å². The molecule has 2 rings (SSSR count). The van der Waals surface area contributed by atoms with Gasteiger partial charge in [0.2, 0.25) is 0 Å². The van der Waals surface area contributed by atoms with Crippen LogP contribution in [-0.2, 0) is 0 Å². The summed E-state index contributed by atoms with van der Waals surface area (Å²) in [7, 11) is 0. The Balaban J connectivity index is 2.01. The second kappa shape index (κ2) is 3.97. The van der Waals surface area contributed by atoms with Gasteiger partial charge in [0.25, 0.3) is 0 Å². The molecule has 1 heterocycles.